The van der Waals surface area contributed by atoms with Crippen LogP contribution in [0, 0.1) is 10.1 Å². The van der Waals surface area contributed by atoms with Gasteiger partial charge >= 0.3 is 0 Å². The topological polar surface area (TPSA) is 110 Å². The monoisotopic (exact) mass is 513 g/mol. The molecule has 0 saturated carbocycles. The number of hydrogen-bond donors (Lipinski definition) is 1. The van der Waals surface area contributed by atoms with E-state index < -0.39 is 4.92 Å². The molecule has 1 N–H and O–H groups in total. The lowest BCUT2D eigenvalue weighted by Crippen LogP contribution is -2.19. The van der Waals surface area contributed by atoms with Crippen LogP contribution >= 0.6 is 58.1 Å². The Morgan fingerprint density at radius 1 is 1.16 bits per heavy atom. The van der Waals surface area contributed by atoms with Gasteiger partial charge in [-0.05, 0) is 17.7 Å². The number of nitrogens with one attached hydrogen (secondary N) is 1. The molecular weight excluding hydrogens is 501 g/mol. The largest absolute Gasteiger partial charge is 0.272 e. The van der Waals surface area contributed by atoms with E-state index in [-0.39, 0.29) is 22.4 Å². The van der Waals surface area contributed by atoms with Crippen molar-refractivity contribution in [2.45, 2.75) is 14.4 Å². The first-order valence-electron chi connectivity index (χ1n) is 8.50. The van der Waals surface area contributed by atoms with Crippen LogP contribution in [-0.4, -0.2) is 33.0 Å². The average molecular weight is 514 g/mol. The Balaban J connectivity index is 1.46. The van der Waals surface area contributed by atoms with E-state index in [0.717, 1.165) is 9.90 Å². The van der Waals surface area contributed by atoms with Gasteiger partial charge in [0.2, 0.25) is 0 Å². The molecule has 0 spiro atoms. The normalized spacial score (nSPS) is 11.0. The van der Waals surface area contributed by atoms with Crippen molar-refractivity contribution in [2.75, 3.05) is 5.75 Å². The standard InChI is InChI=1S/C18H13Cl2N5O3S3/c19-14-4-2-1-3-11(14)9-29-17-23-24-18(31-17)30-10-16(26)22-21-8-12-7-13(25(27)28)5-6-15(12)20/h1-8H,9-10H2,(H,22,26)/b21-8-. The van der Waals surface area contributed by atoms with Gasteiger partial charge in [0.1, 0.15) is 0 Å². The van der Waals surface area contributed by atoms with Crippen molar-refractivity contribution in [3.05, 3.63) is 73.8 Å². The van der Waals surface area contributed by atoms with Crippen LogP contribution in [-0.2, 0) is 10.5 Å². The number of hydrazone groups is 1. The Labute approximate surface area is 199 Å². The van der Waals surface area contributed by atoms with Gasteiger partial charge in [0.05, 0.1) is 16.9 Å². The van der Waals surface area contributed by atoms with E-state index in [4.69, 9.17) is 23.2 Å². The summed E-state index contributed by atoms with van der Waals surface area (Å²) in [5.74, 6) is 0.404. The Morgan fingerprint density at radius 3 is 2.65 bits per heavy atom. The van der Waals surface area contributed by atoms with Crippen LogP contribution in [0.5, 0.6) is 0 Å². The predicted octanol–water partition coefficient (Wildman–Crippen LogP) is 5.29. The molecule has 0 radical (unpaired) electrons. The lowest BCUT2D eigenvalue weighted by atomic mass is 10.2. The minimum Gasteiger partial charge on any atom is -0.272 e. The molecule has 0 bridgehead atoms. The van der Waals surface area contributed by atoms with E-state index in [1.54, 1.807) is 0 Å². The summed E-state index contributed by atoms with van der Waals surface area (Å²) in [7, 11) is 0. The summed E-state index contributed by atoms with van der Waals surface area (Å²) in [6.07, 6.45) is 1.26. The third-order valence-electron chi connectivity index (χ3n) is 3.61. The molecule has 1 heterocycles. The van der Waals surface area contributed by atoms with E-state index >= 15 is 0 Å². The van der Waals surface area contributed by atoms with Gasteiger partial charge in [-0.15, -0.1) is 10.2 Å². The number of hydrogen-bond acceptors (Lipinski definition) is 9. The SMILES string of the molecule is O=C(CSc1nnc(SCc2ccccc2Cl)s1)N/N=C\c1cc([N+](=O)[O-])ccc1Cl. The second kappa shape index (κ2) is 11.4. The van der Waals surface area contributed by atoms with Crippen molar-refractivity contribution in [3.8, 4) is 0 Å². The summed E-state index contributed by atoms with van der Waals surface area (Å²) in [4.78, 5) is 22.3. The van der Waals surface area contributed by atoms with Gasteiger partial charge in [-0.2, -0.15) is 5.10 Å². The van der Waals surface area contributed by atoms with Gasteiger partial charge in [-0.1, -0.05) is 76.3 Å². The number of carbonyl (C=O) groups is 1. The highest BCUT2D eigenvalue weighted by molar-refractivity contribution is 8.03. The summed E-state index contributed by atoms with van der Waals surface area (Å²) in [6, 6.07) is 11.6. The van der Waals surface area contributed by atoms with Crippen LogP contribution in [0.2, 0.25) is 10.0 Å². The number of benzene rings is 2. The number of carbonyl (C=O) groups excluding carboxylic acids is 1. The van der Waals surface area contributed by atoms with Crippen molar-refractivity contribution in [1.29, 1.82) is 0 Å². The van der Waals surface area contributed by atoms with Crippen molar-refractivity contribution in [2.24, 2.45) is 5.10 Å². The first kappa shape index (κ1) is 23.5. The molecule has 2 aromatic carbocycles. The number of aromatic nitrogens is 2. The van der Waals surface area contributed by atoms with Gasteiger partial charge in [-0.25, -0.2) is 5.43 Å². The highest BCUT2D eigenvalue weighted by atomic mass is 35.5. The maximum absolute atomic E-state index is 12.0. The lowest BCUT2D eigenvalue weighted by Gasteiger charge is -2.00. The Bertz CT molecular complexity index is 1130. The molecule has 0 aliphatic heterocycles. The molecule has 0 fully saturated rings. The molecule has 0 aliphatic carbocycles. The number of nitro benzene ring substituents is 1. The Hall–Kier alpha value is -2.18. The van der Waals surface area contributed by atoms with Gasteiger partial charge < -0.3 is 0 Å². The Morgan fingerprint density at radius 2 is 1.90 bits per heavy atom. The van der Waals surface area contributed by atoms with Crippen LogP contribution in [0.1, 0.15) is 11.1 Å². The molecule has 0 saturated heterocycles. The minimum atomic E-state index is -0.536. The van der Waals surface area contributed by atoms with Gasteiger partial charge in [0, 0.05) is 33.5 Å². The molecule has 3 aromatic rings. The van der Waals surface area contributed by atoms with E-state index in [9.17, 15) is 14.9 Å². The number of nitro groups is 1. The molecule has 3 rings (SSSR count). The van der Waals surface area contributed by atoms with Crippen LogP contribution < -0.4 is 5.43 Å². The number of non-ortho nitro benzene ring substituents is 1. The average Bonchev–Trinajstić information content (AvgIpc) is 3.21. The van der Waals surface area contributed by atoms with E-state index in [1.807, 2.05) is 24.3 Å². The minimum absolute atomic E-state index is 0.0871. The van der Waals surface area contributed by atoms with Crippen LogP contribution in [0.4, 0.5) is 5.69 Å². The smallest absolute Gasteiger partial charge is 0.270 e. The zero-order chi connectivity index (χ0) is 22.2. The van der Waals surface area contributed by atoms with E-state index in [2.05, 4.69) is 20.7 Å². The van der Waals surface area contributed by atoms with Crippen LogP contribution in [0.3, 0.4) is 0 Å². The summed E-state index contributed by atoms with van der Waals surface area (Å²) in [5.41, 5.74) is 3.58. The molecular formula is C18H13Cl2N5O3S3. The second-order valence-corrected chi connectivity index (χ2v) is 10.00. The zero-order valence-electron chi connectivity index (χ0n) is 15.5. The van der Waals surface area contributed by atoms with Crippen molar-refractivity contribution in [3.63, 3.8) is 0 Å². The third-order valence-corrected chi connectivity index (χ3v) is 7.56. The Kier molecular flexibility index (Phi) is 8.67. The number of thioether (sulfide) groups is 2. The van der Waals surface area contributed by atoms with Crippen LogP contribution in [0.15, 0.2) is 56.2 Å². The summed E-state index contributed by atoms with van der Waals surface area (Å²) < 4.78 is 1.43. The number of rotatable bonds is 9. The summed E-state index contributed by atoms with van der Waals surface area (Å²) in [6.45, 7) is 0. The van der Waals surface area contributed by atoms with Gasteiger partial charge in [0.15, 0.2) is 8.68 Å². The van der Waals surface area contributed by atoms with Crippen molar-refractivity contribution in [1.82, 2.24) is 15.6 Å². The van der Waals surface area contributed by atoms with Crippen molar-refractivity contribution < 1.29 is 9.72 Å². The fraction of sp³-hybridized carbons (Fsp3) is 0.111. The molecule has 160 valence electrons. The maximum atomic E-state index is 12.0. The molecule has 0 aliphatic rings. The molecule has 0 unspecified atom stereocenters. The highest BCUT2D eigenvalue weighted by Crippen LogP contribution is 2.32. The first-order chi connectivity index (χ1) is 14.9. The number of nitrogens with zero attached hydrogens (tertiary/aromatic N) is 4. The number of halogens is 2. The van der Waals surface area contributed by atoms with Gasteiger partial charge in [-0.3, -0.25) is 14.9 Å². The fourth-order valence-electron chi connectivity index (χ4n) is 2.15. The fourth-order valence-corrected chi connectivity index (χ4v) is 5.41. The summed E-state index contributed by atoms with van der Waals surface area (Å²) in [5, 5.41) is 23.8. The zero-order valence-corrected chi connectivity index (χ0v) is 19.5. The second-order valence-electron chi connectivity index (χ2n) is 5.76. The maximum Gasteiger partial charge on any atom is 0.270 e. The highest BCUT2D eigenvalue weighted by Gasteiger charge is 2.10. The number of amides is 1. The van der Waals surface area contributed by atoms with E-state index in [1.165, 1.54) is 59.3 Å². The molecule has 31 heavy (non-hydrogen) atoms. The first-order valence-corrected chi connectivity index (χ1v) is 12.0. The van der Waals surface area contributed by atoms with E-state index in [0.29, 0.717) is 20.7 Å². The predicted molar refractivity (Wildman–Crippen MR) is 125 cm³/mol. The van der Waals surface area contributed by atoms with Crippen LogP contribution in [0.25, 0.3) is 0 Å². The van der Waals surface area contributed by atoms with Gasteiger partial charge in [0.25, 0.3) is 11.6 Å². The molecule has 1 amide bonds. The lowest BCUT2D eigenvalue weighted by molar-refractivity contribution is -0.384. The summed E-state index contributed by atoms with van der Waals surface area (Å²) >= 11 is 16.3. The molecule has 13 heteroatoms. The molecule has 0 atom stereocenters. The molecule has 8 nitrogen and oxygen atoms in total. The quantitative estimate of drug-likeness (QED) is 0.179. The molecule has 1 aromatic heterocycles. The van der Waals surface area contributed by atoms with Crippen molar-refractivity contribution >= 4 is 75.9 Å². The third kappa shape index (κ3) is 7.18.